The van der Waals surface area contributed by atoms with Crippen LogP contribution in [-0.2, 0) is 4.43 Å². The van der Waals surface area contributed by atoms with Crippen molar-refractivity contribution in [1.29, 1.82) is 0 Å². The molecule has 1 heterocycles. The number of ether oxygens (including phenoxy) is 2. The minimum absolute atomic E-state index is 0.284. The molecule has 1 aliphatic heterocycles. The van der Waals surface area contributed by atoms with Gasteiger partial charge in [-0.2, -0.15) is 0 Å². The van der Waals surface area contributed by atoms with Crippen molar-refractivity contribution in [2.75, 3.05) is 19.8 Å². The van der Waals surface area contributed by atoms with E-state index >= 15 is 0 Å². The van der Waals surface area contributed by atoms with Crippen molar-refractivity contribution in [3.63, 3.8) is 0 Å². The van der Waals surface area contributed by atoms with Crippen LogP contribution in [-0.4, -0.2) is 39.3 Å². The van der Waals surface area contributed by atoms with Crippen molar-refractivity contribution < 1.29 is 19.0 Å². The Kier molecular flexibility index (Phi) is 5.31. The monoisotopic (exact) mass is 323 g/mol. The zero-order valence-corrected chi connectivity index (χ0v) is 14.0. The van der Waals surface area contributed by atoms with Gasteiger partial charge < -0.3 is 19.0 Å². The smallest absolute Gasteiger partial charge is 0.184 e. The number of hydrogen-bond acceptors (Lipinski definition) is 5. The van der Waals surface area contributed by atoms with Gasteiger partial charge in [-0.05, 0) is 42.9 Å². The third-order valence-electron chi connectivity index (χ3n) is 3.11. The van der Waals surface area contributed by atoms with Gasteiger partial charge in [-0.25, -0.2) is 0 Å². The van der Waals surface area contributed by atoms with Gasteiger partial charge in [-0.1, -0.05) is 11.2 Å². The van der Waals surface area contributed by atoms with Crippen LogP contribution in [0.4, 0.5) is 0 Å². The fraction of sp³-hybridized carbons (Fsp3) is 0.571. The molecule has 0 bridgehead atoms. The van der Waals surface area contributed by atoms with Gasteiger partial charge in [-0.15, -0.1) is 0 Å². The van der Waals surface area contributed by atoms with Crippen molar-refractivity contribution >= 4 is 8.32 Å². The summed E-state index contributed by atoms with van der Waals surface area (Å²) in [6.45, 7) is 6.87. The lowest BCUT2D eigenvalue weighted by molar-refractivity contribution is 0.123. The molecule has 2 atom stereocenters. The van der Waals surface area contributed by atoms with Gasteiger partial charge >= 0.3 is 0 Å². The zero-order chi connectivity index (χ0) is 16.2. The normalized spacial score (nSPS) is 16.5. The quantitative estimate of drug-likeness (QED) is 0.376. The average molecular weight is 323 g/mol. The molecule has 0 fully saturated rings. The predicted molar refractivity (Wildman–Crippen MR) is 84.6 cm³/mol. The molecule has 2 rings (SSSR count). The van der Waals surface area contributed by atoms with Gasteiger partial charge in [0.05, 0.1) is 18.8 Å². The van der Waals surface area contributed by atoms with Gasteiger partial charge in [0.25, 0.3) is 0 Å². The van der Waals surface area contributed by atoms with E-state index in [-0.39, 0.29) is 6.61 Å². The maximum atomic E-state index is 9.54. The first-order chi connectivity index (χ1) is 10.4. The van der Waals surface area contributed by atoms with Crippen molar-refractivity contribution in [3.8, 4) is 11.5 Å². The molecule has 0 aliphatic carbocycles. The molecule has 0 unspecified atom stereocenters. The molecule has 1 aromatic carbocycles. The summed E-state index contributed by atoms with van der Waals surface area (Å²) in [5.74, 6) is 1.33. The van der Waals surface area contributed by atoms with E-state index < -0.39 is 20.5 Å². The molecule has 0 amide bonds. The Balaban J connectivity index is 2.37. The van der Waals surface area contributed by atoms with Crippen molar-refractivity contribution in [1.82, 2.24) is 0 Å². The summed E-state index contributed by atoms with van der Waals surface area (Å²) in [7, 11) is -1.91. The second-order valence-electron chi connectivity index (χ2n) is 6.01. The number of rotatable bonds is 6. The molecular weight excluding hydrogens is 302 g/mol. The standard InChI is InChI=1S/C14H21N3O4Si/c1-22(2,3)21-14(11(9-18)16-17-15)10-4-5-12-13(8-10)20-7-6-19-12/h4-5,8,11,14,18H,6-7,9H2,1-3H3/t11-,14-/m1/s1. The van der Waals surface area contributed by atoms with Crippen LogP contribution in [0.5, 0.6) is 11.5 Å². The molecule has 120 valence electrons. The summed E-state index contributed by atoms with van der Waals surface area (Å²) in [5, 5.41) is 13.2. The fourth-order valence-electron chi connectivity index (χ4n) is 2.25. The minimum Gasteiger partial charge on any atom is -0.486 e. The number of hydrogen-bond donors (Lipinski definition) is 1. The number of benzene rings is 1. The van der Waals surface area contributed by atoms with Crippen LogP contribution in [0.25, 0.3) is 10.4 Å². The molecule has 0 spiro atoms. The topological polar surface area (TPSA) is 96.7 Å². The third-order valence-corrected chi connectivity index (χ3v) is 4.07. The van der Waals surface area contributed by atoms with Crippen LogP contribution in [0.1, 0.15) is 11.7 Å². The van der Waals surface area contributed by atoms with E-state index in [0.29, 0.717) is 24.7 Å². The number of fused-ring (bicyclic) bond motifs is 1. The summed E-state index contributed by atoms with van der Waals surface area (Å²) in [4.78, 5) is 2.82. The molecule has 22 heavy (non-hydrogen) atoms. The van der Waals surface area contributed by atoms with Gasteiger partial charge in [0.2, 0.25) is 0 Å². The predicted octanol–water partition coefficient (Wildman–Crippen LogP) is 3.02. The van der Waals surface area contributed by atoms with Crippen LogP contribution in [0.2, 0.25) is 19.6 Å². The number of aliphatic hydroxyl groups is 1. The fourth-order valence-corrected chi connectivity index (χ4v) is 3.30. The molecule has 8 heteroatoms. The third kappa shape index (κ3) is 4.14. The lowest BCUT2D eigenvalue weighted by Crippen LogP contribution is -2.34. The Labute approximate surface area is 130 Å². The highest BCUT2D eigenvalue weighted by Crippen LogP contribution is 2.36. The van der Waals surface area contributed by atoms with Gasteiger partial charge in [0.1, 0.15) is 13.2 Å². The van der Waals surface area contributed by atoms with E-state index in [0.717, 1.165) is 5.56 Å². The van der Waals surface area contributed by atoms with Crippen LogP contribution < -0.4 is 9.47 Å². The molecule has 0 saturated heterocycles. The summed E-state index contributed by atoms with van der Waals surface area (Å²) in [6.07, 6.45) is -0.511. The number of aliphatic hydroxyl groups excluding tert-OH is 1. The molecule has 0 radical (unpaired) electrons. The zero-order valence-electron chi connectivity index (χ0n) is 13.0. The van der Waals surface area contributed by atoms with Crippen LogP contribution in [0.15, 0.2) is 23.3 Å². The maximum Gasteiger partial charge on any atom is 0.184 e. The maximum absolute atomic E-state index is 9.54. The van der Waals surface area contributed by atoms with E-state index in [9.17, 15) is 5.11 Å². The van der Waals surface area contributed by atoms with Gasteiger partial charge in [0.15, 0.2) is 19.8 Å². The SMILES string of the molecule is C[Si](C)(C)O[C@H](c1ccc2c(c1)OCCO2)[C@@H](CO)N=[N+]=[N-]. The van der Waals surface area contributed by atoms with E-state index in [1.807, 2.05) is 37.8 Å². The average Bonchev–Trinajstić information content (AvgIpc) is 2.49. The molecule has 1 aliphatic rings. The van der Waals surface area contributed by atoms with Crippen LogP contribution >= 0.6 is 0 Å². The Morgan fingerprint density at radius 3 is 2.59 bits per heavy atom. The Hall–Kier alpha value is -1.73. The highest BCUT2D eigenvalue weighted by Gasteiger charge is 2.29. The van der Waals surface area contributed by atoms with E-state index in [1.165, 1.54) is 0 Å². The number of azide groups is 1. The molecule has 1 aromatic rings. The second-order valence-corrected chi connectivity index (χ2v) is 10.5. The van der Waals surface area contributed by atoms with Crippen LogP contribution in [0.3, 0.4) is 0 Å². The first-order valence-electron chi connectivity index (χ1n) is 7.17. The Morgan fingerprint density at radius 2 is 2.00 bits per heavy atom. The second kappa shape index (κ2) is 7.02. The molecule has 0 saturated carbocycles. The molecule has 1 N–H and O–H groups in total. The summed E-state index contributed by atoms with van der Waals surface area (Å²) < 4.78 is 17.2. The molecule has 0 aromatic heterocycles. The highest BCUT2D eigenvalue weighted by molar-refractivity contribution is 6.69. The number of nitrogens with zero attached hydrogens (tertiary/aromatic N) is 3. The van der Waals surface area contributed by atoms with Crippen molar-refractivity contribution in [2.45, 2.75) is 31.8 Å². The van der Waals surface area contributed by atoms with E-state index in [1.54, 1.807) is 0 Å². The van der Waals surface area contributed by atoms with E-state index in [2.05, 4.69) is 10.0 Å². The minimum atomic E-state index is -1.91. The highest BCUT2D eigenvalue weighted by atomic mass is 28.4. The molecule has 7 nitrogen and oxygen atoms in total. The molecular formula is C14H21N3O4Si. The first-order valence-corrected chi connectivity index (χ1v) is 10.6. The van der Waals surface area contributed by atoms with Crippen molar-refractivity contribution in [3.05, 3.63) is 34.2 Å². The summed E-state index contributed by atoms with van der Waals surface area (Å²) >= 11 is 0. The van der Waals surface area contributed by atoms with Gasteiger partial charge in [0, 0.05) is 4.91 Å². The van der Waals surface area contributed by atoms with Crippen LogP contribution in [0, 0.1) is 0 Å². The largest absolute Gasteiger partial charge is 0.486 e. The first kappa shape index (κ1) is 16.6. The Bertz CT molecular complexity index is 570. The van der Waals surface area contributed by atoms with E-state index in [4.69, 9.17) is 19.4 Å². The Morgan fingerprint density at radius 1 is 1.32 bits per heavy atom. The summed E-state index contributed by atoms with van der Waals surface area (Å²) in [5.41, 5.74) is 9.52. The lowest BCUT2D eigenvalue weighted by atomic mass is 10.0. The summed E-state index contributed by atoms with van der Waals surface area (Å²) in [6, 6.07) is 4.82. The van der Waals surface area contributed by atoms with Crippen molar-refractivity contribution in [2.24, 2.45) is 5.11 Å². The lowest BCUT2D eigenvalue weighted by Gasteiger charge is -2.31. The van der Waals surface area contributed by atoms with Gasteiger partial charge in [-0.3, -0.25) is 0 Å².